The van der Waals surface area contributed by atoms with Gasteiger partial charge < -0.3 is 0 Å². The number of rotatable bonds is 2. The molecule has 88 valence electrons. The van der Waals surface area contributed by atoms with Crippen molar-refractivity contribution in [2.45, 2.75) is 20.8 Å². The fourth-order valence-corrected chi connectivity index (χ4v) is 2.17. The van der Waals surface area contributed by atoms with Crippen molar-refractivity contribution in [2.75, 3.05) is 0 Å². The van der Waals surface area contributed by atoms with Crippen LogP contribution in [0.3, 0.4) is 0 Å². The lowest BCUT2D eigenvalue weighted by Crippen LogP contribution is -1.94. The van der Waals surface area contributed by atoms with E-state index in [1.807, 2.05) is 50.7 Å². The molecule has 1 aromatic carbocycles. The third kappa shape index (κ3) is 1.88. The Hall–Kier alpha value is -1.90. The largest absolute Gasteiger partial charge is 0.298 e. The molecule has 2 aromatic rings. The second kappa shape index (κ2) is 4.17. The van der Waals surface area contributed by atoms with Crippen LogP contribution in [-0.4, -0.2) is 16.1 Å². The number of benzene rings is 1. The maximum Gasteiger partial charge on any atom is 0.150 e. The van der Waals surface area contributed by atoms with Gasteiger partial charge in [0.05, 0.1) is 5.69 Å². The van der Waals surface area contributed by atoms with Gasteiger partial charge in [-0.3, -0.25) is 9.48 Å². The Bertz CT molecular complexity index is 582. The zero-order chi connectivity index (χ0) is 12.6. The molecular weight excluding hydrogens is 212 g/mol. The Morgan fingerprint density at radius 1 is 1.24 bits per heavy atom. The Balaban J connectivity index is 2.72. The first-order valence-electron chi connectivity index (χ1n) is 5.61. The number of aryl methyl sites for hydroxylation is 3. The van der Waals surface area contributed by atoms with E-state index in [0.29, 0.717) is 0 Å². The highest BCUT2D eigenvalue weighted by atomic mass is 16.1. The minimum atomic E-state index is 0.726. The second-order valence-corrected chi connectivity index (χ2v) is 4.38. The summed E-state index contributed by atoms with van der Waals surface area (Å²) in [5, 5.41) is 4.39. The third-order valence-electron chi connectivity index (χ3n) is 3.11. The normalized spacial score (nSPS) is 10.6. The van der Waals surface area contributed by atoms with Gasteiger partial charge in [0.2, 0.25) is 0 Å². The summed E-state index contributed by atoms with van der Waals surface area (Å²) in [6.45, 7) is 5.97. The van der Waals surface area contributed by atoms with Gasteiger partial charge in [0.15, 0.2) is 6.29 Å². The number of aldehydes is 1. The van der Waals surface area contributed by atoms with Gasteiger partial charge in [0.1, 0.15) is 0 Å². The van der Waals surface area contributed by atoms with E-state index in [9.17, 15) is 4.79 Å². The lowest BCUT2D eigenvalue weighted by molar-refractivity contribution is 0.112. The predicted octanol–water partition coefficient (Wildman–Crippen LogP) is 2.82. The number of carbonyl (C=O) groups excluding carboxylic acids is 1. The molecule has 0 atom stereocenters. The summed E-state index contributed by atoms with van der Waals surface area (Å²) in [6.07, 6.45) is 0.911. The first-order chi connectivity index (χ1) is 8.04. The summed E-state index contributed by atoms with van der Waals surface area (Å²) in [7, 11) is 1.92. The molecule has 0 amide bonds. The van der Waals surface area contributed by atoms with Crippen LogP contribution in [0.4, 0.5) is 0 Å². The molecule has 1 heterocycles. The Morgan fingerprint density at radius 3 is 2.47 bits per heavy atom. The average Bonchev–Trinajstić information content (AvgIpc) is 2.54. The standard InChI is InChI=1S/C14H16N2O/c1-9-5-6-13(12(7-9)8-17)14-10(2)15-16(4)11(14)3/h5-8H,1-4H3. The molecule has 0 bridgehead atoms. The maximum absolute atomic E-state index is 11.2. The van der Waals surface area contributed by atoms with E-state index < -0.39 is 0 Å². The summed E-state index contributed by atoms with van der Waals surface area (Å²) in [5.41, 5.74) is 5.88. The van der Waals surface area contributed by atoms with Gasteiger partial charge in [-0.05, 0) is 32.4 Å². The average molecular weight is 228 g/mol. The smallest absolute Gasteiger partial charge is 0.150 e. The van der Waals surface area contributed by atoms with Gasteiger partial charge in [0.25, 0.3) is 0 Å². The summed E-state index contributed by atoms with van der Waals surface area (Å²) in [4.78, 5) is 11.2. The zero-order valence-corrected chi connectivity index (χ0v) is 10.6. The van der Waals surface area contributed by atoms with Crippen LogP contribution in [0.15, 0.2) is 18.2 Å². The van der Waals surface area contributed by atoms with Crippen molar-refractivity contribution in [1.82, 2.24) is 9.78 Å². The molecular formula is C14H16N2O. The molecule has 0 aliphatic carbocycles. The first-order valence-corrected chi connectivity index (χ1v) is 5.61. The van der Waals surface area contributed by atoms with Gasteiger partial charge in [-0.25, -0.2) is 0 Å². The lowest BCUT2D eigenvalue weighted by Gasteiger charge is -2.06. The van der Waals surface area contributed by atoms with E-state index in [1.54, 1.807) is 0 Å². The van der Waals surface area contributed by atoms with Crippen molar-refractivity contribution in [3.05, 3.63) is 40.7 Å². The van der Waals surface area contributed by atoms with Gasteiger partial charge in [0, 0.05) is 23.9 Å². The number of carbonyl (C=O) groups is 1. The predicted molar refractivity (Wildman–Crippen MR) is 68.2 cm³/mol. The van der Waals surface area contributed by atoms with E-state index >= 15 is 0 Å². The van der Waals surface area contributed by atoms with Crippen molar-refractivity contribution in [3.8, 4) is 11.1 Å². The van der Waals surface area contributed by atoms with Crippen molar-refractivity contribution in [2.24, 2.45) is 7.05 Å². The minimum absolute atomic E-state index is 0.726. The first kappa shape index (κ1) is 11.6. The molecule has 0 saturated heterocycles. The molecule has 0 fully saturated rings. The number of aromatic nitrogens is 2. The minimum Gasteiger partial charge on any atom is -0.298 e. The fourth-order valence-electron chi connectivity index (χ4n) is 2.17. The van der Waals surface area contributed by atoms with E-state index in [0.717, 1.165) is 39.9 Å². The monoisotopic (exact) mass is 228 g/mol. The van der Waals surface area contributed by atoms with Crippen molar-refractivity contribution in [3.63, 3.8) is 0 Å². The second-order valence-electron chi connectivity index (χ2n) is 4.38. The molecule has 0 aliphatic heterocycles. The van der Waals surface area contributed by atoms with E-state index in [2.05, 4.69) is 5.10 Å². The Labute approximate surface area is 101 Å². The Kier molecular flexibility index (Phi) is 2.84. The van der Waals surface area contributed by atoms with Crippen LogP contribution in [0.5, 0.6) is 0 Å². The van der Waals surface area contributed by atoms with Crippen molar-refractivity contribution >= 4 is 6.29 Å². The molecule has 0 saturated carbocycles. The highest BCUT2D eigenvalue weighted by Gasteiger charge is 2.14. The molecule has 2 rings (SSSR count). The van der Waals surface area contributed by atoms with E-state index in [4.69, 9.17) is 0 Å². The number of hydrogen-bond acceptors (Lipinski definition) is 2. The Morgan fingerprint density at radius 2 is 1.94 bits per heavy atom. The molecule has 0 radical (unpaired) electrons. The topological polar surface area (TPSA) is 34.9 Å². The number of hydrogen-bond donors (Lipinski definition) is 0. The van der Waals surface area contributed by atoms with Crippen LogP contribution in [0.1, 0.15) is 27.3 Å². The van der Waals surface area contributed by atoms with Crippen LogP contribution in [0.2, 0.25) is 0 Å². The zero-order valence-electron chi connectivity index (χ0n) is 10.6. The van der Waals surface area contributed by atoms with Crippen LogP contribution in [0, 0.1) is 20.8 Å². The van der Waals surface area contributed by atoms with Gasteiger partial charge in [-0.1, -0.05) is 17.7 Å². The van der Waals surface area contributed by atoms with Crippen LogP contribution in [0.25, 0.3) is 11.1 Å². The van der Waals surface area contributed by atoms with E-state index in [1.165, 1.54) is 0 Å². The molecule has 3 nitrogen and oxygen atoms in total. The summed E-state index contributed by atoms with van der Waals surface area (Å²) >= 11 is 0. The highest BCUT2D eigenvalue weighted by Crippen LogP contribution is 2.29. The molecule has 0 aliphatic rings. The maximum atomic E-state index is 11.2. The van der Waals surface area contributed by atoms with Gasteiger partial charge in [-0.15, -0.1) is 0 Å². The molecule has 0 spiro atoms. The molecule has 1 aromatic heterocycles. The molecule has 17 heavy (non-hydrogen) atoms. The number of nitrogens with zero attached hydrogens (tertiary/aromatic N) is 2. The molecule has 0 N–H and O–H groups in total. The lowest BCUT2D eigenvalue weighted by atomic mass is 9.97. The van der Waals surface area contributed by atoms with Crippen LogP contribution < -0.4 is 0 Å². The van der Waals surface area contributed by atoms with Crippen LogP contribution in [-0.2, 0) is 7.05 Å². The van der Waals surface area contributed by atoms with E-state index in [-0.39, 0.29) is 0 Å². The quantitative estimate of drug-likeness (QED) is 0.741. The van der Waals surface area contributed by atoms with Crippen molar-refractivity contribution < 1.29 is 4.79 Å². The molecule has 3 heteroatoms. The van der Waals surface area contributed by atoms with Gasteiger partial charge >= 0.3 is 0 Å². The summed E-state index contributed by atoms with van der Waals surface area (Å²) in [5.74, 6) is 0. The highest BCUT2D eigenvalue weighted by molar-refractivity contribution is 5.89. The molecule has 0 unspecified atom stereocenters. The van der Waals surface area contributed by atoms with Gasteiger partial charge in [-0.2, -0.15) is 5.10 Å². The van der Waals surface area contributed by atoms with Crippen molar-refractivity contribution in [1.29, 1.82) is 0 Å². The SMILES string of the molecule is Cc1ccc(-c2c(C)nn(C)c2C)c(C=O)c1. The van der Waals surface area contributed by atoms with Crippen LogP contribution >= 0.6 is 0 Å². The summed E-state index contributed by atoms with van der Waals surface area (Å²) < 4.78 is 1.85. The fraction of sp³-hybridized carbons (Fsp3) is 0.286. The third-order valence-corrected chi connectivity index (χ3v) is 3.11. The summed E-state index contributed by atoms with van der Waals surface area (Å²) in [6, 6.07) is 5.93.